The molecule has 0 saturated carbocycles. The van der Waals surface area contributed by atoms with Crippen molar-refractivity contribution in [2.45, 2.75) is 24.9 Å². The first kappa shape index (κ1) is 14.8. The molecule has 0 radical (unpaired) electrons. The van der Waals surface area contributed by atoms with Crippen LogP contribution in [0.25, 0.3) is 0 Å². The first-order valence-corrected chi connectivity index (χ1v) is 6.98. The van der Waals surface area contributed by atoms with Crippen LogP contribution in [0.3, 0.4) is 0 Å². The lowest BCUT2D eigenvalue weighted by Crippen LogP contribution is -2.35. The van der Waals surface area contributed by atoms with Crippen LogP contribution >= 0.6 is 0 Å². The predicted octanol–water partition coefficient (Wildman–Crippen LogP) is 1.29. The second kappa shape index (κ2) is 6.72. The first-order valence-electron chi connectivity index (χ1n) is 6.98. The summed E-state index contributed by atoms with van der Waals surface area (Å²) in [6, 6.07) is 7.24. The van der Waals surface area contributed by atoms with E-state index in [2.05, 4.69) is 11.9 Å². The van der Waals surface area contributed by atoms with Gasteiger partial charge in [-0.15, -0.1) is 0 Å². The van der Waals surface area contributed by atoms with Crippen LogP contribution in [0.5, 0.6) is 5.75 Å². The quantitative estimate of drug-likeness (QED) is 0.848. The zero-order valence-electron chi connectivity index (χ0n) is 11.8. The molecule has 5 nitrogen and oxygen atoms in total. The van der Waals surface area contributed by atoms with E-state index in [-0.39, 0.29) is 12.6 Å². The molecule has 1 aromatic rings. The van der Waals surface area contributed by atoms with E-state index in [1.54, 1.807) is 12.1 Å². The molecule has 1 aromatic carbocycles. The van der Waals surface area contributed by atoms with Gasteiger partial charge in [0.2, 0.25) is 0 Å². The summed E-state index contributed by atoms with van der Waals surface area (Å²) in [5, 5.41) is 9.07. The minimum Gasteiger partial charge on any atom is -0.490 e. The number of rotatable bonds is 5. The van der Waals surface area contributed by atoms with E-state index in [1.165, 1.54) is 0 Å². The molecular formula is C15H22N2O3. The maximum Gasteiger partial charge on any atom is 0.312 e. The largest absolute Gasteiger partial charge is 0.490 e. The maximum absolute atomic E-state index is 11.0. The normalized spacial score (nSPS) is 18.7. The van der Waals surface area contributed by atoms with E-state index >= 15 is 0 Å². The number of nitrogens with two attached hydrogens (primary N) is 1. The summed E-state index contributed by atoms with van der Waals surface area (Å²) in [5.74, 6) is -0.742. The van der Waals surface area contributed by atoms with Crippen LogP contribution in [-0.4, -0.2) is 48.8 Å². The molecule has 2 rings (SSSR count). The van der Waals surface area contributed by atoms with Crippen molar-refractivity contribution in [2.75, 3.05) is 26.7 Å². The third kappa shape index (κ3) is 3.71. The third-order valence-corrected chi connectivity index (χ3v) is 3.78. The van der Waals surface area contributed by atoms with E-state index in [0.29, 0.717) is 0 Å². The van der Waals surface area contributed by atoms with Gasteiger partial charge < -0.3 is 20.5 Å². The van der Waals surface area contributed by atoms with Crippen molar-refractivity contribution in [3.8, 4) is 5.75 Å². The number of likely N-dealkylation sites (tertiary alicyclic amines) is 1. The SMILES string of the molecule is CN1CCC(Oc2ccc(C(CN)C(=O)O)cc2)CC1. The van der Waals surface area contributed by atoms with Crippen LogP contribution < -0.4 is 10.5 Å². The number of carboxylic acids is 1. The second-order valence-electron chi connectivity index (χ2n) is 5.32. The molecule has 0 aliphatic carbocycles. The molecule has 1 fully saturated rings. The minimum absolute atomic E-state index is 0.102. The van der Waals surface area contributed by atoms with Gasteiger partial charge in [0.25, 0.3) is 0 Å². The molecule has 1 atom stereocenters. The molecule has 1 heterocycles. The summed E-state index contributed by atoms with van der Waals surface area (Å²) in [5.41, 5.74) is 6.21. The van der Waals surface area contributed by atoms with Crippen LogP contribution in [0.4, 0.5) is 0 Å². The fraction of sp³-hybridized carbons (Fsp3) is 0.533. The molecule has 0 aromatic heterocycles. The van der Waals surface area contributed by atoms with Crippen molar-refractivity contribution in [1.82, 2.24) is 4.90 Å². The lowest BCUT2D eigenvalue weighted by atomic mass is 9.99. The number of piperidine rings is 1. The van der Waals surface area contributed by atoms with Gasteiger partial charge in [-0.2, -0.15) is 0 Å². The Kier molecular flexibility index (Phi) is 4.98. The zero-order valence-corrected chi connectivity index (χ0v) is 11.8. The Balaban J connectivity index is 1.96. The number of nitrogens with zero attached hydrogens (tertiary/aromatic N) is 1. The van der Waals surface area contributed by atoms with Crippen LogP contribution in [-0.2, 0) is 4.79 Å². The van der Waals surface area contributed by atoms with E-state index in [4.69, 9.17) is 15.6 Å². The van der Waals surface area contributed by atoms with E-state index in [0.717, 1.165) is 37.2 Å². The molecule has 1 saturated heterocycles. The molecule has 20 heavy (non-hydrogen) atoms. The van der Waals surface area contributed by atoms with Crippen LogP contribution in [0.1, 0.15) is 24.3 Å². The summed E-state index contributed by atoms with van der Waals surface area (Å²) in [7, 11) is 2.11. The highest BCUT2D eigenvalue weighted by Crippen LogP contribution is 2.22. The monoisotopic (exact) mass is 278 g/mol. The number of carboxylic acid groups (broad SMARTS) is 1. The molecule has 3 N–H and O–H groups in total. The zero-order chi connectivity index (χ0) is 14.5. The van der Waals surface area contributed by atoms with E-state index < -0.39 is 11.9 Å². The van der Waals surface area contributed by atoms with Crippen molar-refractivity contribution < 1.29 is 14.6 Å². The highest BCUT2D eigenvalue weighted by atomic mass is 16.5. The lowest BCUT2D eigenvalue weighted by Gasteiger charge is -2.29. The Bertz CT molecular complexity index is 439. The first-order chi connectivity index (χ1) is 9.60. The third-order valence-electron chi connectivity index (χ3n) is 3.78. The van der Waals surface area contributed by atoms with Gasteiger partial charge in [0.05, 0.1) is 5.92 Å². The molecule has 0 spiro atoms. The van der Waals surface area contributed by atoms with E-state index in [1.807, 2.05) is 12.1 Å². The van der Waals surface area contributed by atoms with Gasteiger partial charge in [0.15, 0.2) is 0 Å². The van der Waals surface area contributed by atoms with Gasteiger partial charge >= 0.3 is 5.97 Å². The maximum atomic E-state index is 11.0. The molecule has 0 bridgehead atoms. The summed E-state index contributed by atoms with van der Waals surface area (Å²) in [6.07, 6.45) is 2.30. The summed E-state index contributed by atoms with van der Waals surface area (Å²) >= 11 is 0. The number of carbonyl (C=O) groups is 1. The number of hydrogen-bond acceptors (Lipinski definition) is 4. The second-order valence-corrected chi connectivity index (χ2v) is 5.32. The number of hydrogen-bond donors (Lipinski definition) is 2. The fourth-order valence-corrected chi connectivity index (χ4v) is 2.45. The summed E-state index contributed by atoms with van der Waals surface area (Å²) in [4.78, 5) is 13.3. The average Bonchev–Trinajstić information content (AvgIpc) is 2.44. The lowest BCUT2D eigenvalue weighted by molar-refractivity contribution is -0.138. The van der Waals surface area contributed by atoms with Gasteiger partial charge in [-0.25, -0.2) is 0 Å². The standard InChI is InChI=1S/C15H22N2O3/c1-17-8-6-13(7-9-17)20-12-4-2-11(3-5-12)14(10-16)15(18)19/h2-5,13-14H,6-10,16H2,1H3,(H,18,19). The van der Waals surface area contributed by atoms with E-state index in [9.17, 15) is 4.79 Å². The van der Waals surface area contributed by atoms with Crippen LogP contribution in [0.15, 0.2) is 24.3 Å². The van der Waals surface area contributed by atoms with Gasteiger partial charge in [-0.1, -0.05) is 12.1 Å². The molecule has 1 aliphatic rings. The van der Waals surface area contributed by atoms with Crippen LogP contribution in [0, 0.1) is 0 Å². The fourth-order valence-electron chi connectivity index (χ4n) is 2.45. The molecule has 110 valence electrons. The van der Waals surface area contributed by atoms with Crippen molar-refractivity contribution >= 4 is 5.97 Å². The molecular weight excluding hydrogens is 256 g/mol. The smallest absolute Gasteiger partial charge is 0.312 e. The number of aliphatic carboxylic acids is 1. The Morgan fingerprint density at radius 2 is 2.00 bits per heavy atom. The Morgan fingerprint density at radius 3 is 2.50 bits per heavy atom. The van der Waals surface area contributed by atoms with Crippen molar-refractivity contribution in [3.63, 3.8) is 0 Å². The molecule has 1 unspecified atom stereocenters. The van der Waals surface area contributed by atoms with Crippen molar-refractivity contribution in [2.24, 2.45) is 5.73 Å². The van der Waals surface area contributed by atoms with Gasteiger partial charge in [-0.05, 0) is 37.6 Å². The van der Waals surface area contributed by atoms with Crippen molar-refractivity contribution in [1.29, 1.82) is 0 Å². The Hall–Kier alpha value is -1.59. The van der Waals surface area contributed by atoms with Gasteiger partial charge in [-0.3, -0.25) is 4.79 Å². The van der Waals surface area contributed by atoms with Crippen LogP contribution in [0.2, 0.25) is 0 Å². The summed E-state index contributed by atoms with van der Waals surface area (Å²) < 4.78 is 5.93. The molecule has 0 amide bonds. The van der Waals surface area contributed by atoms with Gasteiger partial charge in [0.1, 0.15) is 11.9 Å². The topological polar surface area (TPSA) is 75.8 Å². The number of benzene rings is 1. The predicted molar refractivity (Wildman–Crippen MR) is 77.0 cm³/mol. The number of ether oxygens (including phenoxy) is 1. The average molecular weight is 278 g/mol. The van der Waals surface area contributed by atoms with Gasteiger partial charge in [0, 0.05) is 19.6 Å². The minimum atomic E-state index is -0.892. The van der Waals surface area contributed by atoms with Crippen molar-refractivity contribution in [3.05, 3.63) is 29.8 Å². The Morgan fingerprint density at radius 1 is 1.40 bits per heavy atom. The Labute approximate surface area is 119 Å². The molecule has 5 heteroatoms. The summed E-state index contributed by atoms with van der Waals surface area (Å²) in [6.45, 7) is 2.21. The highest BCUT2D eigenvalue weighted by molar-refractivity contribution is 5.76. The highest BCUT2D eigenvalue weighted by Gasteiger charge is 2.20. The molecule has 1 aliphatic heterocycles.